The normalized spacial score (nSPS) is 10.7. The molecule has 94 valence electrons. The average Bonchev–Trinajstić information content (AvgIpc) is 2.39. The molecule has 3 nitrogen and oxygen atoms in total. The largest absolute Gasteiger partial charge is 0.480 e. The van der Waals surface area contributed by atoms with E-state index in [1.165, 1.54) is 5.56 Å². The van der Waals surface area contributed by atoms with Gasteiger partial charge in [-0.05, 0) is 24.0 Å². The molecule has 0 fully saturated rings. The molecule has 1 heterocycles. The smallest absolute Gasteiger partial charge is 0.233 e. The summed E-state index contributed by atoms with van der Waals surface area (Å²) in [6.45, 7) is 4.45. The van der Waals surface area contributed by atoms with Crippen LogP contribution in [0.3, 0.4) is 0 Å². The first-order valence-corrected chi connectivity index (χ1v) is 6.16. The van der Waals surface area contributed by atoms with Gasteiger partial charge < -0.3 is 4.74 Å². The van der Waals surface area contributed by atoms with Crippen LogP contribution in [0.4, 0.5) is 0 Å². The molecule has 0 aliphatic rings. The second kappa shape index (κ2) is 5.63. The Morgan fingerprint density at radius 2 is 1.72 bits per heavy atom. The van der Waals surface area contributed by atoms with Crippen LogP contribution in [0.5, 0.6) is 5.88 Å². The third kappa shape index (κ3) is 3.06. The van der Waals surface area contributed by atoms with Crippen molar-refractivity contribution in [1.82, 2.24) is 10.2 Å². The number of benzene rings is 1. The first-order chi connectivity index (χ1) is 8.69. The number of nitrogens with zero attached hydrogens (tertiary/aromatic N) is 2. The number of methoxy groups -OCH3 is 1. The number of hydrogen-bond acceptors (Lipinski definition) is 3. The van der Waals surface area contributed by atoms with Crippen molar-refractivity contribution in [3.63, 3.8) is 0 Å². The van der Waals surface area contributed by atoms with E-state index >= 15 is 0 Å². The minimum atomic E-state index is 0.537. The van der Waals surface area contributed by atoms with Crippen molar-refractivity contribution in [2.45, 2.75) is 20.3 Å². The molecule has 3 heteroatoms. The van der Waals surface area contributed by atoms with Gasteiger partial charge in [-0.25, -0.2) is 0 Å². The Balaban J connectivity index is 2.17. The first kappa shape index (κ1) is 12.6. The van der Waals surface area contributed by atoms with Gasteiger partial charge in [0.2, 0.25) is 5.88 Å². The lowest BCUT2D eigenvalue weighted by Crippen LogP contribution is -1.94. The number of aromatic nitrogens is 2. The fraction of sp³-hybridized carbons (Fsp3) is 0.333. The van der Waals surface area contributed by atoms with Gasteiger partial charge in [-0.1, -0.05) is 38.1 Å². The molecule has 0 bridgehead atoms. The molecular formula is C15H18N2O. The highest BCUT2D eigenvalue weighted by molar-refractivity contribution is 5.58. The van der Waals surface area contributed by atoms with Crippen LogP contribution in [0.2, 0.25) is 0 Å². The van der Waals surface area contributed by atoms with Crippen LogP contribution >= 0.6 is 0 Å². The minimum Gasteiger partial charge on any atom is -0.480 e. The standard InChI is InChI=1S/C15H18N2O/c1-11(2)10-12-4-6-13(7-5-12)14-8-9-15(18-3)17-16-14/h4-9,11H,10H2,1-3H3. The van der Waals surface area contributed by atoms with Crippen LogP contribution in [-0.2, 0) is 6.42 Å². The second-order valence-corrected chi connectivity index (χ2v) is 4.76. The van der Waals surface area contributed by atoms with E-state index in [-0.39, 0.29) is 0 Å². The molecule has 0 spiro atoms. The van der Waals surface area contributed by atoms with Crippen LogP contribution < -0.4 is 4.74 Å². The van der Waals surface area contributed by atoms with Crippen LogP contribution in [0.1, 0.15) is 19.4 Å². The number of rotatable bonds is 4. The van der Waals surface area contributed by atoms with Gasteiger partial charge in [0, 0.05) is 11.6 Å². The van der Waals surface area contributed by atoms with Gasteiger partial charge >= 0.3 is 0 Å². The Labute approximate surface area is 108 Å². The molecule has 1 aromatic heterocycles. The third-order valence-electron chi connectivity index (χ3n) is 2.74. The molecule has 0 aliphatic carbocycles. The number of ether oxygens (including phenoxy) is 1. The molecule has 0 saturated carbocycles. The summed E-state index contributed by atoms with van der Waals surface area (Å²) in [5.74, 6) is 1.21. The lowest BCUT2D eigenvalue weighted by Gasteiger charge is -2.06. The van der Waals surface area contributed by atoms with E-state index in [0.29, 0.717) is 11.8 Å². The SMILES string of the molecule is COc1ccc(-c2ccc(CC(C)C)cc2)nn1. The zero-order valence-electron chi connectivity index (χ0n) is 11.1. The highest BCUT2D eigenvalue weighted by atomic mass is 16.5. The highest BCUT2D eigenvalue weighted by Gasteiger charge is 2.02. The van der Waals surface area contributed by atoms with E-state index in [1.54, 1.807) is 7.11 Å². The Kier molecular flexibility index (Phi) is 3.92. The molecule has 0 saturated heterocycles. The quantitative estimate of drug-likeness (QED) is 0.824. The highest BCUT2D eigenvalue weighted by Crippen LogP contribution is 2.19. The lowest BCUT2D eigenvalue weighted by molar-refractivity contribution is 0.392. The topological polar surface area (TPSA) is 35.0 Å². The van der Waals surface area contributed by atoms with Crippen molar-refractivity contribution in [2.24, 2.45) is 5.92 Å². The molecule has 2 rings (SSSR count). The van der Waals surface area contributed by atoms with Gasteiger partial charge in [0.25, 0.3) is 0 Å². The van der Waals surface area contributed by atoms with Crippen molar-refractivity contribution < 1.29 is 4.74 Å². The summed E-state index contributed by atoms with van der Waals surface area (Å²) >= 11 is 0. The molecule has 2 aromatic rings. The summed E-state index contributed by atoms with van der Waals surface area (Å²) in [6.07, 6.45) is 1.11. The fourth-order valence-electron chi connectivity index (χ4n) is 1.87. The van der Waals surface area contributed by atoms with Crippen LogP contribution in [0.25, 0.3) is 11.3 Å². The van der Waals surface area contributed by atoms with E-state index in [9.17, 15) is 0 Å². The van der Waals surface area contributed by atoms with Gasteiger partial charge in [0.15, 0.2) is 0 Å². The van der Waals surface area contributed by atoms with Crippen LogP contribution in [0, 0.1) is 5.92 Å². The predicted molar refractivity (Wildman–Crippen MR) is 72.6 cm³/mol. The van der Waals surface area contributed by atoms with Crippen molar-refractivity contribution in [3.8, 4) is 17.1 Å². The van der Waals surface area contributed by atoms with Crippen molar-refractivity contribution in [1.29, 1.82) is 0 Å². The maximum absolute atomic E-state index is 4.99. The molecule has 0 amide bonds. The summed E-state index contributed by atoms with van der Waals surface area (Å²) in [4.78, 5) is 0. The van der Waals surface area contributed by atoms with E-state index in [4.69, 9.17) is 4.74 Å². The minimum absolute atomic E-state index is 0.537. The average molecular weight is 242 g/mol. The Hall–Kier alpha value is -1.90. The summed E-state index contributed by atoms with van der Waals surface area (Å²) in [7, 11) is 1.59. The van der Waals surface area contributed by atoms with Crippen LogP contribution in [-0.4, -0.2) is 17.3 Å². The maximum Gasteiger partial charge on any atom is 0.233 e. The summed E-state index contributed by atoms with van der Waals surface area (Å²) in [6, 6.07) is 12.2. The molecule has 0 unspecified atom stereocenters. The van der Waals surface area contributed by atoms with Gasteiger partial charge in [-0.2, -0.15) is 0 Å². The van der Waals surface area contributed by atoms with E-state index in [0.717, 1.165) is 17.7 Å². The van der Waals surface area contributed by atoms with Crippen LogP contribution in [0.15, 0.2) is 36.4 Å². The monoisotopic (exact) mass is 242 g/mol. The molecule has 0 N–H and O–H groups in total. The van der Waals surface area contributed by atoms with Gasteiger partial charge in [-0.15, -0.1) is 10.2 Å². The molecule has 0 aliphatic heterocycles. The fourth-order valence-corrected chi connectivity index (χ4v) is 1.87. The third-order valence-corrected chi connectivity index (χ3v) is 2.74. The maximum atomic E-state index is 4.99. The Morgan fingerprint density at radius 3 is 2.22 bits per heavy atom. The van der Waals surface area contributed by atoms with Crippen molar-refractivity contribution in [2.75, 3.05) is 7.11 Å². The van der Waals surface area contributed by atoms with Gasteiger partial charge in [-0.3, -0.25) is 0 Å². The molecule has 0 atom stereocenters. The van der Waals surface area contributed by atoms with Gasteiger partial charge in [0.1, 0.15) is 0 Å². The van der Waals surface area contributed by atoms with Gasteiger partial charge in [0.05, 0.1) is 12.8 Å². The number of hydrogen-bond donors (Lipinski definition) is 0. The van der Waals surface area contributed by atoms with Crippen molar-refractivity contribution >= 4 is 0 Å². The zero-order valence-corrected chi connectivity index (χ0v) is 11.1. The zero-order chi connectivity index (χ0) is 13.0. The summed E-state index contributed by atoms with van der Waals surface area (Å²) in [5, 5.41) is 8.11. The van der Waals surface area contributed by atoms with E-state index < -0.39 is 0 Å². The Morgan fingerprint density at radius 1 is 1.00 bits per heavy atom. The van der Waals surface area contributed by atoms with E-state index in [1.807, 2.05) is 12.1 Å². The Bertz CT molecular complexity index is 489. The molecular weight excluding hydrogens is 224 g/mol. The predicted octanol–water partition coefficient (Wildman–Crippen LogP) is 3.35. The molecule has 0 radical (unpaired) electrons. The molecule has 1 aromatic carbocycles. The molecule has 18 heavy (non-hydrogen) atoms. The second-order valence-electron chi connectivity index (χ2n) is 4.76. The summed E-state index contributed by atoms with van der Waals surface area (Å²) in [5.41, 5.74) is 3.31. The lowest BCUT2D eigenvalue weighted by atomic mass is 10.0. The van der Waals surface area contributed by atoms with E-state index in [2.05, 4.69) is 48.3 Å². The first-order valence-electron chi connectivity index (χ1n) is 6.16. The van der Waals surface area contributed by atoms with Crippen molar-refractivity contribution in [3.05, 3.63) is 42.0 Å². The summed E-state index contributed by atoms with van der Waals surface area (Å²) < 4.78 is 4.99.